The summed E-state index contributed by atoms with van der Waals surface area (Å²) in [5, 5.41) is 9.43. The lowest BCUT2D eigenvalue weighted by atomic mass is 9.98. The van der Waals surface area contributed by atoms with E-state index in [0.717, 1.165) is 37.7 Å². The second-order valence-electron chi connectivity index (χ2n) is 6.85. The van der Waals surface area contributed by atoms with E-state index >= 15 is 0 Å². The van der Waals surface area contributed by atoms with Gasteiger partial charge in [0.05, 0.1) is 12.6 Å². The van der Waals surface area contributed by atoms with Crippen LogP contribution in [0.1, 0.15) is 69.8 Å². The van der Waals surface area contributed by atoms with Gasteiger partial charge in [0.2, 0.25) is 11.8 Å². The molecule has 0 aromatic heterocycles. The van der Waals surface area contributed by atoms with Crippen molar-refractivity contribution in [1.82, 2.24) is 4.90 Å². The summed E-state index contributed by atoms with van der Waals surface area (Å²) in [6.45, 7) is 0.261. The highest BCUT2D eigenvalue weighted by Crippen LogP contribution is 2.19. The predicted molar refractivity (Wildman–Crippen MR) is 97.3 cm³/mol. The molecule has 25 heavy (non-hydrogen) atoms. The van der Waals surface area contributed by atoms with Crippen molar-refractivity contribution < 1.29 is 9.59 Å². The van der Waals surface area contributed by atoms with Gasteiger partial charge in [-0.05, 0) is 18.4 Å². The second kappa shape index (κ2) is 10.7. The average molecular weight is 340 g/mol. The molecule has 1 fully saturated rings. The smallest absolute Gasteiger partial charge is 0.246 e. The molecular weight excluding hydrogens is 312 g/mol. The van der Waals surface area contributed by atoms with Crippen molar-refractivity contribution in [3.8, 4) is 6.07 Å². The van der Waals surface area contributed by atoms with Gasteiger partial charge in [-0.1, -0.05) is 75.3 Å². The molecule has 2 amide bonds. The zero-order valence-electron chi connectivity index (χ0n) is 15.0. The third kappa shape index (κ3) is 6.34. The maximum Gasteiger partial charge on any atom is 0.246 e. The summed E-state index contributed by atoms with van der Waals surface area (Å²) in [4.78, 5) is 26.8. The van der Waals surface area contributed by atoms with Crippen LogP contribution in [-0.2, 0) is 16.1 Å². The van der Waals surface area contributed by atoms with Crippen molar-refractivity contribution in [1.29, 1.82) is 5.26 Å². The minimum absolute atomic E-state index is 0.147. The number of rotatable bonds is 2. The quantitative estimate of drug-likeness (QED) is 0.739. The maximum absolute atomic E-state index is 12.8. The zero-order valence-corrected chi connectivity index (χ0v) is 15.0. The maximum atomic E-state index is 12.8. The van der Waals surface area contributed by atoms with Crippen molar-refractivity contribution in [2.45, 2.75) is 70.8 Å². The largest absolute Gasteiger partial charge is 0.277 e. The monoisotopic (exact) mass is 340 g/mol. The molecule has 0 N–H and O–H groups in total. The first-order valence-electron chi connectivity index (χ1n) is 9.50. The topological polar surface area (TPSA) is 61.2 Å². The predicted octanol–water partition coefficient (Wildman–Crippen LogP) is 4.60. The number of nitriles is 1. The van der Waals surface area contributed by atoms with Crippen LogP contribution in [0, 0.1) is 17.2 Å². The third-order valence-electron chi connectivity index (χ3n) is 4.84. The summed E-state index contributed by atoms with van der Waals surface area (Å²) in [7, 11) is 0. The minimum Gasteiger partial charge on any atom is -0.277 e. The van der Waals surface area contributed by atoms with Crippen LogP contribution in [-0.4, -0.2) is 16.7 Å². The van der Waals surface area contributed by atoms with E-state index in [-0.39, 0.29) is 18.4 Å². The van der Waals surface area contributed by atoms with Gasteiger partial charge in [-0.2, -0.15) is 5.26 Å². The van der Waals surface area contributed by atoms with E-state index in [9.17, 15) is 14.9 Å². The van der Waals surface area contributed by atoms with Gasteiger partial charge in [0.1, 0.15) is 5.92 Å². The van der Waals surface area contributed by atoms with Crippen molar-refractivity contribution >= 4 is 11.8 Å². The van der Waals surface area contributed by atoms with E-state index in [1.165, 1.54) is 24.2 Å². The summed E-state index contributed by atoms with van der Waals surface area (Å²) in [6, 6.07) is 11.7. The van der Waals surface area contributed by atoms with Gasteiger partial charge < -0.3 is 0 Å². The van der Waals surface area contributed by atoms with Gasteiger partial charge in [0, 0.05) is 6.42 Å². The van der Waals surface area contributed by atoms with Gasteiger partial charge in [-0.25, -0.2) is 0 Å². The Morgan fingerprint density at radius 3 is 2.16 bits per heavy atom. The number of imide groups is 1. The molecule has 0 spiro atoms. The normalized spacial score (nSPS) is 21.4. The first-order chi connectivity index (χ1) is 12.2. The van der Waals surface area contributed by atoms with Crippen LogP contribution in [0.15, 0.2) is 30.3 Å². The highest BCUT2D eigenvalue weighted by Gasteiger charge is 2.28. The summed E-state index contributed by atoms with van der Waals surface area (Å²) in [5.41, 5.74) is 0.919. The molecule has 1 heterocycles. The molecule has 4 heteroatoms. The molecule has 2 rings (SSSR count). The van der Waals surface area contributed by atoms with Gasteiger partial charge in [0.15, 0.2) is 0 Å². The van der Waals surface area contributed by atoms with Crippen molar-refractivity contribution in [3.63, 3.8) is 0 Å². The fourth-order valence-corrected chi connectivity index (χ4v) is 3.31. The Morgan fingerprint density at radius 1 is 0.920 bits per heavy atom. The van der Waals surface area contributed by atoms with Crippen molar-refractivity contribution in [2.75, 3.05) is 0 Å². The molecule has 0 bridgehead atoms. The molecule has 1 aromatic carbocycles. The van der Waals surface area contributed by atoms with Gasteiger partial charge in [-0.3, -0.25) is 14.5 Å². The Balaban J connectivity index is 2.13. The second-order valence-corrected chi connectivity index (χ2v) is 6.85. The average Bonchev–Trinajstić information content (AvgIpc) is 2.64. The lowest BCUT2D eigenvalue weighted by Crippen LogP contribution is -2.40. The molecule has 1 saturated heterocycles. The number of hydrogen-bond donors (Lipinski definition) is 0. The Labute approximate surface area is 150 Å². The molecular formula is C21H28N2O2. The Hall–Kier alpha value is -2.15. The third-order valence-corrected chi connectivity index (χ3v) is 4.84. The number of carbonyl (C=O) groups is 2. The van der Waals surface area contributed by atoms with Crippen LogP contribution >= 0.6 is 0 Å². The highest BCUT2D eigenvalue weighted by molar-refractivity contribution is 5.97. The molecule has 0 radical (unpaired) electrons. The van der Waals surface area contributed by atoms with Crippen molar-refractivity contribution in [3.05, 3.63) is 35.9 Å². The van der Waals surface area contributed by atoms with E-state index in [2.05, 4.69) is 6.07 Å². The van der Waals surface area contributed by atoms with E-state index in [1.807, 2.05) is 30.3 Å². The number of carbonyl (C=O) groups excluding carboxylic acids is 2. The van der Waals surface area contributed by atoms with E-state index in [0.29, 0.717) is 12.8 Å². The van der Waals surface area contributed by atoms with E-state index < -0.39 is 5.92 Å². The first kappa shape index (κ1) is 19.2. The van der Waals surface area contributed by atoms with Crippen LogP contribution in [0.2, 0.25) is 0 Å². The number of nitrogens with zero attached hydrogens (tertiary/aromatic N) is 2. The highest BCUT2D eigenvalue weighted by atomic mass is 16.2. The van der Waals surface area contributed by atoms with Crippen LogP contribution in [0.4, 0.5) is 0 Å². The molecule has 0 saturated carbocycles. The summed E-state index contributed by atoms with van der Waals surface area (Å²) >= 11 is 0. The molecule has 1 aromatic rings. The summed E-state index contributed by atoms with van der Waals surface area (Å²) in [6.07, 6.45) is 9.44. The molecule has 1 atom stereocenters. The fraction of sp³-hybridized carbons (Fsp3) is 0.571. The lowest BCUT2D eigenvalue weighted by Gasteiger charge is -2.23. The molecule has 1 aliphatic heterocycles. The minimum atomic E-state index is -0.712. The van der Waals surface area contributed by atoms with E-state index in [1.54, 1.807) is 0 Å². The van der Waals surface area contributed by atoms with Crippen LogP contribution < -0.4 is 0 Å². The number of benzene rings is 1. The zero-order chi connectivity index (χ0) is 17.9. The summed E-state index contributed by atoms with van der Waals surface area (Å²) < 4.78 is 0. The Bertz CT molecular complexity index is 592. The molecule has 0 aliphatic carbocycles. The Kier molecular flexibility index (Phi) is 8.18. The molecule has 4 nitrogen and oxygen atoms in total. The summed E-state index contributed by atoms with van der Waals surface area (Å²) in [5.74, 6) is -1.19. The Morgan fingerprint density at radius 2 is 1.52 bits per heavy atom. The van der Waals surface area contributed by atoms with Gasteiger partial charge >= 0.3 is 0 Å². The van der Waals surface area contributed by atoms with E-state index in [4.69, 9.17) is 0 Å². The number of amides is 2. The van der Waals surface area contributed by atoms with Crippen LogP contribution in [0.5, 0.6) is 0 Å². The lowest BCUT2D eigenvalue weighted by molar-refractivity contribution is -0.147. The number of hydrogen-bond acceptors (Lipinski definition) is 3. The van der Waals surface area contributed by atoms with Crippen LogP contribution in [0.25, 0.3) is 0 Å². The van der Waals surface area contributed by atoms with Gasteiger partial charge in [-0.15, -0.1) is 0 Å². The molecule has 1 aliphatic rings. The van der Waals surface area contributed by atoms with Crippen LogP contribution in [0.3, 0.4) is 0 Å². The fourth-order valence-electron chi connectivity index (χ4n) is 3.31. The standard InChI is InChI=1S/C21H28N2O2/c22-16-19-14-10-5-3-1-2-4-6-11-15-20(24)23(21(19)25)17-18-12-8-7-9-13-18/h7-9,12-13,19H,1-6,10-11,14-15,17H2. The molecule has 1 unspecified atom stereocenters. The first-order valence-corrected chi connectivity index (χ1v) is 9.50. The van der Waals surface area contributed by atoms with Crippen molar-refractivity contribution in [2.24, 2.45) is 5.92 Å². The molecule has 134 valence electrons. The SMILES string of the molecule is N#CC1CCCCCCCCCCC(=O)N(Cc2ccccc2)C1=O. The van der Waals surface area contributed by atoms with Gasteiger partial charge in [0.25, 0.3) is 0 Å².